The van der Waals surface area contributed by atoms with Crippen molar-refractivity contribution in [2.45, 2.75) is 33.2 Å². The minimum atomic E-state index is 0.167. The molecule has 1 aromatic carbocycles. The number of ether oxygens (including phenoxy) is 1. The summed E-state index contributed by atoms with van der Waals surface area (Å²) < 4.78 is 5.56. The van der Waals surface area contributed by atoms with Gasteiger partial charge < -0.3 is 10.1 Å². The second-order valence-corrected chi connectivity index (χ2v) is 5.90. The number of hydrogen-bond donors (Lipinski definition) is 1. The van der Waals surface area contributed by atoms with E-state index in [1.807, 2.05) is 12.1 Å². The molecule has 0 aromatic heterocycles. The molecule has 0 aliphatic carbocycles. The predicted octanol–water partition coefficient (Wildman–Crippen LogP) is 4.71. The fourth-order valence-electron chi connectivity index (χ4n) is 1.73. The lowest BCUT2D eigenvalue weighted by Crippen LogP contribution is -2.23. The van der Waals surface area contributed by atoms with Crippen LogP contribution in [0.5, 0.6) is 0 Å². The first-order valence-corrected chi connectivity index (χ1v) is 7.53. The molecular formula is C15H23Cl2NO. The van der Waals surface area contributed by atoms with Gasteiger partial charge >= 0.3 is 0 Å². The third-order valence-electron chi connectivity index (χ3n) is 2.98. The Labute approximate surface area is 126 Å². The molecule has 0 heterocycles. The quantitative estimate of drug-likeness (QED) is 0.702. The van der Waals surface area contributed by atoms with E-state index in [0.29, 0.717) is 16.0 Å². The Morgan fingerprint density at radius 3 is 2.58 bits per heavy atom. The number of halogens is 2. The highest BCUT2D eigenvalue weighted by molar-refractivity contribution is 6.42. The van der Waals surface area contributed by atoms with Crippen LogP contribution in [0.4, 0.5) is 0 Å². The summed E-state index contributed by atoms with van der Waals surface area (Å²) in [5, 5.41) is 4.61. The van der Waals surface area contributed by atoms with Gasteiger partial charge in [0.1, 0.15) is 0 Å². The van der Waals surface area contributed by atoms with Gasteiger partial charge in [-0.15, -0.1) is 0 Å². The molecule has 4 heteroatoms. The minimum Gasteiger partial charge on any atom is -0.380 e. The van der Waals surface area contributed by atoms with E-state index in [1.54, 1.807) is 6.07 Å². The van der Waals surface area contributed by atoms with Crippen molar-refractivity contribution in [1.82, 2.24) is 5.32 Å². The zero-order chi connectivity index (χ0) is 14.3. The fraction of sp³-hybridized carbons (Fsp3) is 0.600. The molecule has 1 rings (SSSR count). The van der Waals surface area contributed by atoms with Gasteiger partial charge in [-0.2, -0.15) is 0 Å². The summed E-state index contributed by atoms with van der Waals surface area (Å²) in [7, 11) is 0. The first kappa shape index (κ1) is 16.8. The monoisotopic (exact) mass is 303 g/mol. The van der Waals surface area contributed by atoms with Crippen molar-refractivity contribution in [3.63, 3.8) is 0 Å². The zero-order valence-electron chi connectivity index (χ0n) is 11.9. The van der Waals surface area contributed by atoms with Crippen LogP contribution in [-0.2, 0) is 4.74 Å². The highest BCUT2D eigenvalue weighted by Gasteiger charge is 2.10. The zero-order valence-corrected chi connectivity index (χ0v) is 13.4. The van der Waals surface area contributed by atoms with Gasteiger partial charge in [0.15, 0.2) is 0 Å². The van der Waals surface area contributed by atoms with Crippen LogP contribution in [-0.4, -0.2) is 19.8 Å². The lowest BCUT2D eigenvalue weighted by Gasteiger charge is -2.16. The smallest absolute Gasteiger partial charge is 0.0639 e. The molecule has 19 heavy (non-hydrogen) atoms. The van der Waals surface area contributed by atoms with Crippen LogP contribution < -0.4 is 5.32 Å². The lowest BCUT2D eigenvalue weighted by atomic mass is 10.1. The maximum absolute atomic E-state index is 6.18. The molecule has 0 saturated carbocycles. The Bertz CT molecular complexity index is 382. The number of nitrogens with one attached hydrogen (secondary N) is 1. The van der Waals surface area contributed by atoms with Gasteiger partial charge in [0.2, 0.25) is 0 Å². The first-order chi connectivity index (χ1) is 9.02. The highest BCUT2D eigenvalue weighted by Crippen LogP contribution is 2.29. The molecule has 108 valence electrons. The highest BCUT2D eigenvalue weighted by atomic mass is 35.5. The molecule has 0 radical (unpaired) electrons. The molecule has 2 nitrogen and oxygen atoms in total. The Balaban J connectivity index is 2.28. The normalized spacial score (nSPS) is 12.9. The number of benzene rings is 1. The van der Waals surface area contributed by atoms with Crippen molar-refractivity contribution < 1.29 is 4.74 Å². The van der Waals surface area contributed by atoms with Gasteiger partial charge in [-0.05, 0) is 30.9 Å². The summed E-state index contributed by atoms with van der Waals surface area (Å²) in [5.41, 5.74) is 1.02. The summed E-state index contributed by atoms with van der Waals surface area (Å²) >= 11 is 12.2. The SMILES string of the molecule is CC(C)CCOCCNC(C)c1cccc(Cl)c1Cl. The lowest BCUT2D eigenvalue weighted by molar-refractivity contribution is 0.123. The average molecular weight is 304 g/mol. The topological polar surface area (TPSA) is 21.3 Å². The van der Waals surface area contributed by atoms with E-state index in [2.05, 4.69) is 26.1 Å². The number of rotatable bonds is 8. The molecule has 1 unspecified atom stereocenters. The van der Waals surface area contributed by atoms with Gasteiger partial charge in [-0.1, -0.05) is 49.2 Å². The van der Waals surface area contributed by atoms with E-state index in [1.165, 1.54) is 0 Å². The molecule has 1 N–H and O–H groups in total. The predicted molar refractivity (Wildman–Crippen MR) is 83.2 cm³/mol. The van der Waals surface area contributed by atoms with E-state index >= 15 is 0 Å². The van der Waals surface area contributed by atoms with E-state index in [-0.39, 0.29) is 6.04 Å². The van der Waals surface area contributed by atoms with E-state index in [4.69, 9.17) is 27.9 Å². The van der Waals surface area contributed by atoms with Gasteiger partial charge in [-0.3, -0.25) is 0 Å². The third kappa shape index (κ3) is 6.13. The summed E-state index contributed by atoms with van der Waals surface area (Å²) in [4.78, 5) is 0. The van der Waals surface area contributed by atoms with Crippen molar-refractivity contribution in [2.75, 3.05) is 19.8 Å². The molecule has 0 spiro atoms. The second-order valence-electron chi connectivity index (χ2n) is 5.11. The van der Waals surface area contributed by atoms with Crippen LogP contribution in [0.2, 0.25) is 10.0 Å². The molecule has 1 atom stereocenters. The summed E-state index contributed by atoms with van der Waals surface area (Å²) in [6.45, 7) is 8.82. The summed E-state index contributed by atoms with van der Waals surface area (Å²) in [5.74, 6) is 0.692. The molecule has 0 aliphatic heterocycles. The third-order valence-corrected chi connectivity index (χ3v) is 3.82. The van der Waals surface area contributed by atoms with Gasteiger partial charge in [0.05, 0.1) is 16.7 Å². The molecule has 0 aliphatic rings. The molecule has 0 saturated heterocycles. The van der Waals surface area contributed by atoms with E-state index < -0.39 is 0 Å². The first-order valence-electron chi connectivity index (χ1n) is 6.77. The van der Waals surface area contributed by atoms with Crippen molar-refractivity contribution >= 4 is 23.2 Å². The van der Waals surface area contributed by atoms with E-state index in [9.17, 15) is 0 Å². The van der Waals surface area contributed by atoms with E-state index in [0.717, 1.165) is 31.7 Å². The maximum Gasteiger partial charge on any atom is 0.0639 e. The molecular weight excluding hydrogens is 281 g/mol. The second kappa shape index (κ2) is 8.80. The minimum absolute atomic E-state index is 0.167. The van der Waals surface area contributed by atoms with Crippen LogP contribution >= 0.6 is 23.2 Å². The average Bonchev–Trinajstić information content (AvgIpc) is 2.36. The molecule has 0 fully saturated rings. The van der Waals surface area contributed by atoms with Gasteiger partial charge in [0, 0.05) is 19.2 Å². The van der Waals surface area contributed by atoms with Gasteiger partial charge in [0.25, 0.3) is 0 Å². The maximum atomic E-state index is 6.18. The Kier molecular flexibility index (Phi) is 7.77. The largest absolute Gasteiger partial charge is 0.380 e. The van der Waals surface area contributed by atoms with Crippen LogP contribution in [0.1, 0.15) is 38.8 Å². The Morgan fingerprint density at radius 2 is 1.89 bits per heavy atom. The molecule has 1 aromatic rings. The van der Waals surface area contributed by atoms with Crippen molar-refractivity contribution in [2.24, 2.45) is 5.92 Å². The molecule has 0 bridgehead atoms. The molecule has 0 amide bonds. The van der Waals surface area contributed by atoms with Crippen LogP contribution in [0.25, 0.3) is 0 Å². The number of hydrogen-bond acceptors (Lipinski definition) is 2. The standard InChI is InChI=1S/C15H23Cl2NO/c1-11(2)7-9-19-10-8-18-12(3)13-5-4-6-14(16)15(13)17/h4-6,11-12,18H,7-10H2,1-3H3. The van der Waals surface area contributed by atoms with Gasteiger partial charge in [-0.25, -0.2) is 0 Å². The fourth-order valence-corrected chi connectivity index (χ4v) is 2.21. The Hall–Kier alpha value is -0.280. The summed E-state index contributed by atoms with van der Waals surface area (Å²) in [6, 6.07) is 5.88. The van der Waals surface area contributed by atoms with Crippen molar-refractivity contribution in [3.05, 3.63) is 33.8 Å². The summed E-state index contributed by atoms with van der Waals surface area (Å²) in [6.07, 6.45) is 1.11. The van der Waals surface area contributed by atoms with Crippen molar-refractivity contribution in [3.8, 4) is 0 Å². The Morgan fingerprint density at radius 1 is 1.16 bits per heavy atom. The van der Waals surface area contributed by atoms with Crippen LogP contribution in [0.15, 0.2) is 18.2 Å². The van der Waals surface area contributed by atoms with Crippen LogP contribution in [0.3, 0.4) is 0 Å². The van der Waals surface area contributed by atoms with Crippen molar-refractivity contribution in [1.29, 1.82) is 0 Å². The van der Waals surface area contributed by atoms with Crippen LogP contribution in [0, 0.1) is 5.92 Å².